The van der Waals surface area contributed by atoms with Crippen LogP contribution in [0.1, 0.15) is 52.8 Å². The van der Waals surface area contributed by atoms with Gasteiger partial charge in [0.15, 0.2) is 0 Å². The highest BCUT2D eigenvalue weighted by Crippen LogP contribution is 2.28. The third-order valence-corrected chi connectivity index (χ3v) is 5.13. The average Bonchev–Trinajstić information content (AvgIpc) is 2.80. The van der Waals surface area contributed by atoms with Crippen molar-refractivity contribution in [2.45, 2.75) is 52.9 Å². The first-order valence-electron chi connectivity index (χ1n) is 7.21. The second kappa shape index (κ2) is 6.38. The van der Waals surface area contributed by atoms with E-state index in [2.05, 4.69) is 57.3 Å². The Hall–Kier alpha value is -1.08. The van der Waals surface area contributed by atoms with Gasteiger partial charge in [0.05, 0.1) is 0 Å². The van der Waals surface area contributed by atoms with E-state index < -0.39 is 0 Å². The zero-order valence-electron chi connectivity index (χ0n) is 12.5. The van der Waals surface area contributed by atoms with E-state index in [0.717, 1.165) is 0 Å². The van der Waals surface area contributed by atoms with Crippen LogP contribution in [0.2, 0.25) is 0 Å². The standard InChI is InChI=1S/C18H24S/c1-5-16(8-9-18-10-13(2)12-19-18)17-7-6-14(3)15(4)11-17/h6-7,10-12,16H,5,8-9H2,1-4H3. The Kier molecular flexibility index (Phi) is 4.81. The summed E-state index contributed by atoms with van der Waals surface area (Å²) in [5.41, 5.74) is 5.73. The van der Waals surface area contributed by atoms with Gasteiger partial charge in [0, 0.05) is 4.88 Å². The summed E-state index contributed by atoms with van der Waals surface area (Å²) in [6.07, 6.45) is 3.70. The normalized spacial score (nSPS) is 12.6. The summed E-state index contributed by atoms with van der Waals surface area (Å²) < 4.78 is 0. The third-order valence-electron chi connectivity index (χ3n) is 4.02. The van der Waals surface area contributed by atoms with Crippen LogP contribution < -0.4 is 0 Å². The largest absolute Gasteiger partial charge is 0.149 e. The highest BCUT2D eigenvalue weighted by molar-refractivity contribution is 7.10. The van der Waals surface area contributed by atoms with Crippen LogP contribution in [-0.4, -0.2) is 0 Å². The predicted molar refractivity (Wildman–Crippen MR) is 86.3 cm³/mol. The molecule has 2 rings (SSSR count). The van der Waals surface area contributed by atoms with Crippen LogP contribution in [0.4, 0.5) is 0 Å². The summed E-state index contributed by atoms with van der Waals surface area (Å²) in [6.45, 7) is 8.89. The highest BCUT2D eigenvalue weighted by atomic mass is 32.1. The molecule has 19 heavy (non-hydrogen) atoms. The van der Waals surface area contributed by atoms with Gasteiger partial charge in [-0.3, -0.25) is 0 Å². The molecule has 0 fully saturated rings. The Morgan fingerprint density at radius 1 is 1.05 bits per heavy atom. The minimum atomic E-state index is 0.696. The first kappa shape index (κ1) is 14.3. The zero-order chi connectivity index (χ0) is 13.8. The molecule has 0 nitrogen and oxygen atoms in total. The molecule has 0 saturated heterocycles. The Morgan fingerprint density at radius 3 is 2.42 bits per heavy atom. The topological polar surface area (TPSA) is 0 Å². The molecule has 0 bridgehead atoms. The molecule has 0 aliphatic heterocycles. The molecule has 1 aromatic carbocycles. The number of aryl methyl sites for hydroxylation is 4. The lowest BCUT2D eigenvalue weighted by molar-refractivity contribution is 0.608. The van der Waals surface area contributed by atoms with Crippen molar-refractivity contribution < 1.29 is 0 Å². The predicted octanol–water partition coefficient (Wildman–Crippen LogP) is 5.80. The summed E-state index contributed by atoms with van der Waals surface area (Å²) in [4.78, 5) is 1.53. The van der Waals surface area contributed by atoms with E-state index in [4.69, 9.17) is 0 Å². The van der Waals surface area contributed by atoms with Gasteiger partial charge in [-0.1, -0.05) is 25.1 Å². The summed E-state index contributed by atoms with van der Waals surface area (Å²) in [6, 6.07) is 9.29. The van der Waals surface area contributed by atoms with Crippen molar-refractivity contribution >= 4 is 11.3 Å². The van der Waals surface area contributed by atoms with Crippen LogP contribution in [0.15, 0.2) is 29.6 Å². The fourth-order valence-corrected chi connectivity index (χ4v) is 3.46. The van der Waals surface area contributed by atoms with Gasteiger partial charge in [-0.15, -0.1) is 11.3 Å². The second-order valence-electron chi connectivity index (χ2n) is 5.58. The van der Waals surface area contributed by atoms with E-state index in [1.165, 1.54) is 46.4 Å². The molecule has 0 aliphatic carbocycles. The Bertz CT molecular complexity index is 536. The van der Waals surface area contributed by atoms with E-state index in [9.17, 15) is 0 Å². The lowest BCUT2D eigenvalue weighted by Gasteiger charge is -2.16. The average molecular weight is 272 g/mol. The van der Waals surface area contributed by atoms with Gasteiger partial charge in [-0.05, 0) is 79.7 Å². The van der Waals surface area contributed by atoms with Crippen LogP contribution in [0.5, 0.6) is 0 Å². The second-order valence-corrected chi connectivity index (χ2v) is 6.57. The molecule has 102 valence electrons. The Balaban J connectivity index is 2.05. The van der Waals surface area contributed by atoms with Crippen LogP contribution >= 0.6 is 11.3 Å². The number of hydrogen-bond donors (Lipinski definition) is 0. The summed E-state index contributed by atoms with van der Waals surface area (Å²) >= 11 is 1.90. The van der Waals surface area contributed by atoms with Gasteiger partial charge in [0.25, 0.3) is 0 Å². The number of hydrogen-bond acceptors (Lipinski definition) is 1. The van der Waals surface area contributed by atoms with Crippen molar-refractivity contribution in [3.63, 3.8) is 0 Å². The molecule has 0 aliphatic rings. The van der Waals surface area contributed by atoms with Crippen LogP contribution in [0.25, 0.3) is 0 Å². The number of rotatable bonds is 5. The maximum absolute atomic E-state index is 2.38. The summed E-state index contributed by atoms with van der Waals surface area (Å²) in [7, 11) is 0. The molecular weight excluding hydrogens is 248 g/mol. The molecule has 1 aromatic heterocycles. The van der Waals surface area contributed by atoms with Gasteiger partial charge in [-0.2, -0.15) is 0 Å². The fourth-order valence-electron chi connectivity index (χ4n) is 2.56. The SMILES string of the molecule is CCC(CCc1cc(C)cs1)c1ccc(C)c(C)c1. The van der Waals surface area contributed by atoms with Crippen LogP contribution in [0, 0.1) is 20.8 Å². The van der Waals surface area contributed by atoms with Crippen molar-refractivity contribution in [1.29, 1.82) is 0 Å². The molecule has 0 radical (unpaired) electrons. The van der Waals surface area contributed by atoms with E-state index in [-0.39, 0.29) is 0 Å². The van der Waals surface area contributed by atoms with Crippen molar-refractivity contribution in [2.75, 3.05) is 0 Å². The van der Waals surface area contributed by atoms with Gasteiger partial charge in [0.1, 0.15) is 0 Å². The van der Waals surface area contributed by atoms with Crippen LogP contribution in [0.3, 0.4) is 0 Å². The Labute approximate surface area is 121 Å². The maximum Gasteiger partial charge on any atom is 0.00481 e. The number of benzene rings is 1. The molecule has 1 heteroatoms. The van der Waals surface area contributed by atoms with E-state index >= 15 is 0 Å². The minimum Gasteiger partial charge on any atom is -0.149 e. The van der Waals surface area contributed by atoms with Crippen molar-refractivity contribution in [3.8, 4) is 0 Å². The minimum absolute atomic E-state index is 0.696. The quantitative estimate of drug-likeness (QED) is 0.645. The molecule has 0 N–H and O–H groups in total. The molecule has 1 unspecified atom stereocenters. The van der Waals surface area contributed by atoms with Gasteiger partial charge < -0.3 is 0 Å². The molecular formula is C18H24S. The Morgan fingerprint density at radius 2 is 1.84 bits per heavy atom. The van der Waals surface area contributed by atoms with E-state index in [1.54, 1.807) is 0 Å². The summed E-state index contributed by atoms with van der Waals surface area (Å²) in [5.74, 6) is 0.696. The smallest absolute Gasteiger partial charge is 0.00481 e. The highest BCUT2D eigenvalue weighted by Gasteiger charge is 2.11. The van der Waals surface area contributed by atoms with E-state index in [0.29, 0.717) is 5.92 Å². The number of thiophene rings is 1. The lowest BCUT2D eigenvalue weighted by atomic mass is 9.89. The zero-order valence-corrected chi connectivity index (χ0v) is 13.3. The first-order chi connectivity index (χ1) is 9.10. The maximum atomic E-state index is 2.38. The van der Waals surface area contributed by atoms with Gasteiger partial charge >= 0.3 is 0 Å². The van der Waals surface area contributed by atoms with E-state index in [1.807, 2.05) is 11.3 Å². The van der Waals surface area contributed by atoms with Crippen molar-refractivity contribution in [2.24, 2.45) is 0 Å². The first-order valence-corrected chi connectivity index (χ1v) is 8.09. The third kappa shape index (κ3) is 3.70. The lowest BCUT2D eigenvalue weighted by Crippen LogP contribution is -2.00. The summed E-state index contributed by atoms with van der Waals surface area (Å²) in [5, 5.41) is 2.26. The van der Waals surface area contributed by atoms with Crippen LogP contribution in [-0.2, 0) is 6.42 Å². The molecule has 1 heterocycles. The van der Waals surface area contributed by atoms with Crippen molar-refractivity contribution in [1.82, 2.24) is 0 Å². The molecule has 1 atom stereocenters. The molecule has 0 amide bonds. The molecule has 2 aromatic rings. The van der Waals surface area contributed by atoms with Gasteiger partial charge in [0.2, 0.25) is 0 Å². The monoisotopic (exact) mass is 272 g/mol. The molecule has 0 spiro atoms. The molecule has 0 saturated carbocycles. The van der Waals surface area contributed by atoms with Gasteiger partial charge in [-0.25, -0.2) is 0 Å². The van der Waals surface area contributed by atoms with Crippen molar-refractivity contribution in [3.05, 3.63) is 56.8 Å². The fraction of sp³-hybridized carbons (Fsp3) is 0.444.